The Morgan fingerprint density at radius 2 is 1.10 bits per heavy atom. The van der Waals surface area contributed by atoms with Gasteiger partial charge in [0.15, 0.2) is 0 Å². The van der Waals surface area contributed by atoms with Gasteiger partial charge in [0.25, 0.3) is 0 Å². The van der Waals surface area contributed by atoms with E-state index >= 15 is 0 Å². The number of nitrogens with zero attached hydrogens (tertiary/aromatic N) is 1. The van der Waals surface area contributed by atoms with Crippen molar-refractivity contribution in [3.63, 3.8) is 0 Å². The molecule has 0 aliphatic rings. The van der Waals surface area contributed by atoms with Gasteiger partial charge in [-0.1, -0.05) is 24.3 Å². The average Bonchev–Trinajstić information content (AvgIpc) is 2.72. The van der Waals surface area contributed by atoms with Gasteiger partial charge in [-0.25, -0.2) is 14.4 Å². The monoisotopic (exact) mass is 413 g/mol. The smallest absolute Gasteiger partial charge is 0.410 e. The van der Waals surface area contributed by atoms with E-state index in [1.54, 1.807) is 74.2 Å². The zero-order valence-electron chi connectivity index (χ0n) is 17.9. The Morgan fingerprint density at radius 3 is 1.40 bits per heavy atom. The van der Waals surface area contributed by atoms with Crippen LogP contribution in [-0.4, -0.2) is 42.8 Å². The number of carbonyl (C=O) groups excluding carboxylic acids is 3. The summed E-state index contributed by atoms with van der Waals surface area (Å²) in [5, 5.41) is 0. The minimum atomic E-state index is -0.640. The molecule has 0 radical (unpaired) electrons. The van der Waals surface area contributed by atoms with Gasteiger partial charge in [-0.15, -0.1) is 0 Å². The van der Waals surface area contributed by atoms with Crippen LogP contribution in [0.2, 0.25) is 0 Å². The zero-order chi connectivity index (χ0) is 22.3. The van der Waals surface area contributed by atoms with E-state index in [9.17, 15) is 14.4 Å². The van der Waals surface area contributed by atoms with Crippen LogP contribution in [0.5, 0.6) is 0 Å². The summed E-state index contributed by atoms with van der Waals surface area (Å²) in [7, 11) is 2.65. The van der Waals surface area contributed by atoms with E-state index in [4.69, 9.17) is 14.2 Å². The van der Waals surface area contributed by atoms with Crippen LogP contribution in [0.3, 0.4) is 0 Å². The predicted octanol–water partition coefficient (Wildman–Crippen LogP) is 4.20. The van der Waals surface area contributed by atoms with E-state index in [2.05, 4.69) is 0 Å². The highest BCUT2D eigenvalue weighted by molar-refractivity contribution is 5.89. The fourth-order valence-electron chi connectivity index (χ4n) is 2.68. The van der Waals surface area contributed by atoms with Crippen molar-refractivity contribution in [2.75, 3.05) is 14.2 Å². The number of amides is 1. The Hall–Kier alpha value is -3.35. The molecule has 0 bridgehead atoms. The number of rotatable bonds is 6. The van der Waals surface area contributed by atoms with Crippen LogP contribution in [0.4, 0.5) is 4.79 Å². The van der Waals surface area contributed by atoms with Crippen LogP contribution in [0.25, 0.3) is 0 Å². The highest BCUT2D eigenvalue weighted by atomic mass is 16.6. The minimum absolute atomic E-state index is 0.287. The van der Waals surface area contributed by atoms with Crippen molar-refractivity contribution in [3.05, 3.63) is 70.8 Å². The topological polar surface area (TPSA) is 82.1 Å². The van der Waals surface area contributed by atoms with E-state index in [0.717, 1.165) is 11.1 Å². The van der Waals surface area contributed by atoms with Gasteiger partial charge in [0.2, 0.25) is 0 Å². The molecule has 160 valence electrons. The first kappa shape index (κ1) is 22.9. The molecule has 0 heterocycles. The van der Waals surface area contributed by atoms with Gasteiger partial charge in [-0.05, 0) is 56.2 Å². The number of carbonyl (C=O) groups is 3. The first-order valence-corrected chi connectivity index (χ1v) is 9.45. The Morgan fingerprint density at radius 1 is 0.733 bits per heavy atom. The van der Waals surface area contributed by atoms with E-state index in [0.29, 0.717) is 11.1 Å². The number of ether oxygens (including phenoxy) is 3. The minimum Gasteiger partial charge on any atom is -0.465 e. The lowest BCUT2D eigenvalue weighted by Crippen LogP contribution is -2.36. The maximum Gasteiger partial charge on any atom is 0.410 e. The van der Waals surface area contributed by atoms with Crippen LogP contribution in [0.1, 0.15) is 52.6 Å². The fraction of sp³-hybridized carbons (Fsp3) is 0.348. The van der Waals surface area contributed by atoms with Gasteiger partial charge >= 0.3 is 18.0 Å². The maximum absolute atomic E-state index is 12.8. The second-order valence-corrected chi connectivity index (χ2v) is 7.71. The molecule has 2 aromatic rings. The van der Waals surface area contributed by atoms with Crippen LogP contribution in [-0.2, 0) is 27.3 Å². The SMILES string of the molecule is COC(=O)c1ccc(CN(Cc2ccc(C(=O)OC)cc2)C(=O)OC(C)(C)C)cc1. The molecule has 30 heavy (non-hydrogen) atoms. The number of esters is 2. The van der Waals surface area contributed by atoms with Gasteiger partial charge in [0.05, 0.1) is 25.3 Å². The lowest BCUT2D eigenvalue weighted by atomic mass is 10.1. The lowest BCUT2D eigenvalue weighted by Gasteiger charge is -2.27. The number of hydrogen-bond donors (Lipinski definition) is 0. The van der Waals surface area contributed by atoms with Gasteiger partial charge in [0.1, 0.15) is 5.60 Å². The molecule has 0 aliphatic carbocycles. The van der Waals surface area contributed by atoms with Gasteiger partial charge in [0, 0.05) is 13.1 Å². The third kappa shape index (κ3) is 6.62. The molecule has 0 aliphatic heterocycles. The quantitative estimate of drug-likeness (QED) is 0.522. The van der Waals surface area contributed by atoms with Gasteiger partial charge in [-0.2, -0.15) is 0 Å². The molecule has 2 rings (SSSR count). The molecule has 7 heteroatoms. The number of benzene rings is 2. The van der Waals surface area contributed by atoms with Crippen molar-refractivity contribution in [1.29, 1.82) is 0 Å². The molecule has 0 saturated heterocycles. The Kier molecular flexibility index (Phi) is 7.58. The average molecular weight is 413 g/mol. The number of hydrogen-bond acceptors (Lipinski definition) is 6. The molecule has 0 N–H and O–H groups in total. The standard InChI is InChI=1S/C23H27NO6/c1-23(2,3)30-22(27)24(14-16-6-10-18(11-7-16)20(25)28-4)15-17-8-12-19(13-9-17)21(26)29-5/h6-13H,14-15H2,1-5H3. The van der Waals surface area contributed by atoms with Gasteiger partial charge < -0.3 is 14.2 Å². The van der Waals surface area contributed by atoms with E-state index in [1.807, 2.05) is 0 Å². The van der Waals surface area contributed by atoms with Gasteiger partial charge in [-0.3, -0.25) is 4.90 Å². The Balaban J connectivity index is 2.21. The second kappa shape index (κ2) is 9.91. The first-order chi connectivity index (χ1) is 14.1. The lowest BCUT2D eigenvalue weighted by molar-refractivity contribution is 0.0215. The molecular weight excluding hydrogens is 386 g/mol. The summed E-state index contributed by atoms with van der Waals surface area (Å²) in [5.74, 6) is -0.840. The zero-order valence-corrected chi connectivity index (χ0v) is 17.9. The van der Waals surface area contributed by atoms with Crippen molar-refractivity contribution < 1.29 is 28.6 Å². The molecule has 0 unspecified atom stereocenters. The molecule has 7 nitrogen and oxygen atoms in total. The summed E-state index contributed by atoms with van der Waals surface area (Å²) in [5.41, 5.74) is 1.89. The Bertz CT molecular complexity index is 820. The highest BCUT2D eigenvalue weighted by Gasteiger charge is 2.23. The largest absolute Gasteiger partial charge is 0.465 e. The van der Waals surface area contributed by atoms with Crippen LogP contribution < -0.4 is 0 Å². The first-order valence-electron chi connectivity index (χ1n) is 9.45. The summed E-state index contributed by atoms with van der Waals surface area (Å²) in [6, 6.07) is 13.7. The molecule has 0 fully saturated rings. The van der Waals surface area contributed by atoms with Crippen LogP contribution in [0.15, 0.2) is 48.5 Å². The molecule has 0 spiro atoms. The molecular formula is C23H27NO6. The third-order valence-electron chi connectivity index (χ3n) is 4.15. The molecule has 1 amide bonds. The molecule has 0 atom stereocenters. The Labute approximate surface area is 176 Å². The van der Waals surface area contributed by atoms with Crippen molar-refractivity contribution in [2.24, 2.45) is 0 Å². The summed E-state index contributed by atoms with van der Waals surface area (Å²) in [6.45, 7) is 5.99. The summed E-state index contributed by atoms with van der Waals surface area (Å²) >= 11 is 0. The summed E-state index contributed by atoms with van der Waals surface area (Å²) < 4.78 is 15.0. The van der Waals surface area contributed by atoms with Crippen LogP contribution in [0, 0.1) is 0 Å². The summed E-state index contributed by atoms with van der Waals surface area (Å²) in [6.07, 6.45) is -0.461. The van der Waals surface area contributed by atoms with Crippen LogP contribution >= 0.6 is 0 Å². The fourth-order valence-corrected chi connectivity index (χ4v) is 2.68. The van der Waals surface area contributed by atoms with Crippen molar-refractivity contribution in [2.45, 2.75) is 39.5 Å². The van der Waals surface area contributed by atoms with E-state index in [1.165, 1.54) is 14.2 Å². The molecule has 0 saturated carbocycles. The second-order valence-electron chi connectivity index (χ2n) is 7.71. The molecule has 2 aromatic carbocycles. The van der Waals surface area contributed by atoms with Crippen molar-refractivity contribution >= 4 is 18.0 Å². The third-order valence-corrected chi connectivity index (χ3v) is 4.15. The number of methoxy groups -OCH3 is 2. The predicted molar refractivity (Wildman–Crippen MR) is 111 cm³/mol. The maximum atomic E-state index is 12.8. The highest BCUT2D eigenvalue weighted by Crippen LogP contribution is 2.17. The van der Waals surface area contributed by atoms with Crippen molar-refractivity contribution in [1.82, 2.24) is 4.90 Å². The normalized spacial score (nSPS) is 10.8. The van der Waals surface area contributed by atoms with Crippen molar-refractivity contribution in [3.8, 4) is 0 Å². The molecule has 0 aromatic heterocycles. The van der Waals surface area contributed by atoms with E-state index in [-0.39, 0.29) is 13.1 Å². The summed E-state index contributed by atoms with van der Waals surface area (Å²) in [4.78, 5) is 37.5. The van der Waals surface area contributed by atoms with E-state index < -0.39 is 23.6 Å².